The second kappa shape index (κ2) is 12.6. The highest BCUT2D eigenvalue weighted by Crippen LogP contribution is 2.34. The number of ether oxygens (including phenoxy) is 2. The van der Waals surface area contributed by atoms with Crippen molar-refractivity contribution in [2.75, 3.05) is 46.5 Å². The first-order chi connectivity index (χ1) is 18.2. The maximum atomic E-state index is 14.1. The van der Waals surface area contributed by atoms with Crippen LogP contribution in [0.2, 0.25) is 0 Å². The van der Waals surface area contributed by atoms with Gasteiger partial charge in [0.05, 0.1) is 12.2 Å². The molecule has 0 aromatic heterocycles. The minimum absolute atomic E-state index is 0.0400. The van der Waals surface area contributed by atoms with Crippen LogP contribution >= 0.6 is 0 Å². The molecule has 0 unspecified atom stereocenters. The van der Waals surface area contributed by atoms with Gasteiger partial charge in [-0.3, -0.25) is 0 Å². The monoisotopic (exact) mass is 544 g/mol. The van der Waals surface area contributed by atoms with Crippen molar-refractivity contribution in [1.29, 1.82) is 0 Å². The summed E-state index contributed by atoms with van der Waals surface area (Å²) in [5.74, 6) is 5.98. The van der Waals surface area contributed by atoms with Crippen LogP contribution in [0.4, 0.5) is 4.39 Å². The molecule has 2 aliphatic rings. The van der Waals surface area contributed by atoms with Crippen molar-refractivity contribution in [2.24, 2.45) is 11.8 Å². The SMILES string of the molecule is C[C@@H]1CN([C@@H](C)CO)S(=O)(=O)c2ccc(C#Cc3ccccc3F)cc2O[C@@H]1CN(C)CC1CCOCC1. The van der Waals surface area contributed by atoms with Crippen molar-refractivity contribution in [2.45, 2.75) is 43.7 Å². The molecule has 2 aromatic carbocycles. The van der Waals surface area contributed by atoms with Crippen LogP contribution in [0.3, 0.4) is 0 Å². The molecule has 0 spiro atoms. The van der Waals surface area contributed by atoms with Gasteiger partial charge in [0.1, 0.15) is 22.6 Å². The Kier molecular flexibility index (Phi) is 9.45. The van der Waals surface area contributed by atoms with E-state index in [1.54, 1.807) is 37.3 Å². The fraction of sp³-hybridized carbons (Fsp3) is 0.517. The van der Waals surface area contributed by atoms with Crippen molar-refractivity contribution in [3.05, 3.63) is 59.4 Å². The molecule has 9 heteroatoms. The van der Waals surface area contributed by atoms with Crippen molar-refractivity contribution in [1.82, 2.24) is 9.21 Å². The average molecular weight is 545 g/mol. The predicted molar refractivity (Wildman–Crippen MR) is 144 cm³/mol. The second-order valence-electron chi connectivity index (χ2n) is 10.4. The molecule has 0 bridgehead atoms. The minimum atomic E-state index is -3.94. The van der Waals surface area contributed by atoms with E-state index in [4.69, 9.17) is 9.47 Å². The summed E-state index contributed by atoms with van der Waals surface area (Å²) >= 11 is 0. The normalized spacial score (nSPS) is 22.9. The largest absolute Gasteiger partial charge is 0.487 e. The number of hydrogen-bond acceptors (Lipinski definition) is 6. The lowest BCUT2D eigenvalue weighted by atomic mass is 9.98. The van der Waals surface area contributed by atoms with Crippen LogP contribution in [0.5, 0.6) is 5.75 Å². The molecule has 206 valence electrons. The van der Waals surface area contributed by atoms with Crippen LogP contribution in [0.1, 0.15) is 37.8 Å². The number of aliphatic hydroxyl groups excluding tert-OH is 1. The van der Waals surface area contributed by atoms with Crippen LogP contribution in [-0.2, 0) is 14.8 Å². The highest BCUT2D eigenvalue weighted by Gasteiger charge is 2.38. The number of benzene rings is 2. The molecule has 4 rings (SSSR count). The zero-order valence-corrected chi connectivity index (χ0v) is 23.1. The van der Waals surface area contributed by atoms with Gasteiger partial charge in [0.2, 0.25) is 10.0 Å². The fourth-order valence-electron chi connectivity index (χ4n) is 4.97. The smallest absolute Gasteiger partial charge is 0.247 e. The Balaban J connectivity index is 1.67. The first kappa shape index (κ1) is 28.5. The third-order valence-corrected chi connectivity index (χ3v) is 9.30. The molecule has 2 heterocycles. The quantitative estimate of drug-likeness (QED) is 0.562. The molecule has 2 aliphatic heterocycles. The highest BCUT2D eigenvalue weighted by molar-refractivity contribution is 7.89. The van der Waals surface area contributed by atoms with Crippen LogP contribution in [0.15, 0.2) is 47.4 Å². The standard InChI is InChI=1S/C29H37FN2O5S/c1-21-17-32(22(2)20-33)38(34,35)29-11-9-23(8-10-25-6-4-5-7-26(25)30)16-27(29)37-28(21)19-31(3)18-24-12-14-36-15-13-24/h4-7,9,11,16,21-22,24,28,33H,12-15,17-20H2,1-3H3/t21-,22+,28-/m1/s1. The first-order valence-corrected chi connectivity index (χ1v) is 14.6. The molecule has 1 N–H and O–H groups in total. The molecule has 1 saturated heterocycles. The van der Waals surface area contributed by atoms with E-state index in [-0.39, 0.29) is 41.4 Å². The van der Waals surface area contributed by atoms with Crippen molar-refractivity contribution in [3.63, 3.8) is 0 Å². The van der Waals surface area contributed by atoms with Crippen molar-refractivity contribution in [3.8, 4) is 17.6 Å². The van der Waals surface area contributed by atoms with Crippen molar-refractivity contribution < 1.29 is 27.4 Å². The maximum absolute atomic E-state index is 14.1. The van der Waals surface area contributed by atoms with Gasteiger partial charge < -0.3 is 19.5 Å². The molecule has 2 aromatic rings. The zero-order valence-electron chi connectivity index (χ0n) is 22.3. The van der Waals surface area contributed by atoms with E-state index in [1.807, 2.05) is 6.92 Å². The summed E-state index contributed by atoms with van der Waals surface area (Å²) in [5, 5.41) is 9.85. The lowest BCUT2D eigenvalue weighted by molar-refractivity contribution is 0.0402. The molecular formula is C29H37FN2O5S. The van der Waals surface area contributed by atoms with Gasteiger partial charge in [-0.1, -0.05) is 30.9 Å². The Morgan fingerprint density at radius 1 is 1.16 bits per heavy atom. The maximum Gasteiger partial charge on any atom is 0.247 e. The molecule has 0 aliphatic carbocycles. The minimum Gasteiger partial charge on any atom is -0.487 e. The van der Waals surface area contributed by atoms with Crippen LogP contribution < -0.4 is 4.74 Å². The lowest BCUT2D eigenvalue weighted by Gasteiger charge is -2.38. The fourth-order valence-corrected chi connectivity index (χ4v) is 6.80. The summed E-state index contributed by atoms with van der Waals surface area (Å²) in [6.07, 6.45) is 1.76. The van der Waals surface area contributed by atoms with E-state index < -0.39 is 21.9 Å². The number of rotatable bonds is 6. The number of nitrogens with zero attached hydrogens (tertiary/aromatic N) is 2. The zero-order chi connectivity index (χ0) is 27.3. The topological polar surface area (TPSA) is 79.3 Å². The van der Waals surface area contributed by atoms with Crippen LogP contribution in [0.25, 0.3) is 0 Å². The van der Waals surface area contributed by atoms with Gasteiger partial charge in [-0.15, -0.1) is 0 Å². The van der Waals surface area contributed by atoms with Gasteiger partial charge in [0.25, 0.3) is 0 Å². The van der Waals surface area contributed by atoms with Gasteiger partial charge in [0.15, 0.2) is 0 Å². The molecule has 1 fully saturated rings. The number of sulfonamides is 1. The van der Waals surface area contributed by atoms with Crippen molar-refractivity contribution >= 4 is 10.0 Å². The number of likely N-dealkylation sites (N-methyl/N-ethyl adjacent to an activating group) is 1. The Bertz CT molecular complexity index is 1270. The third-order valence-electron chi connectivity index (χ3n) is 7.28. The number of fused-ring (bicyclic) bond motifs is 1. The van der Waals surface area contributed by atoms with E-state index in [0.29, 0.717) is 18.0 Å². The van der Waals surface area contributed by atoms with Crippen LogP contribution in [0, 0.1) is 29.5 Å². The predicted octanol–water partition coefficient (Wildman–Crippen LogP) is 3.35. The summed E-state index contributed by atoms with van der Waals surface area (Å²) in [5.41, 5.74) is 0.781. The van der Waals surface area contributed by atoms with E-state index in [2.05, 4.69) is 23.8 Å². The van der Waals surface area contributed by atoms with Gasteiger partial charge in [-0.2, -0.15) is 4.31 Å². The summed E-state index contributed by atoms with van der Waals surface area (Å²) < 4.78 is 54.7. The molecular weight excluding hydrogens is 507 g/mol. The first-order valence-electron chi connectivity index (χ1n) is 13.1. The Morgan fingerprint density at radius 3 is 2.61 bits per heavy atom. The Morgan fingerprint density at radius 2 is 1.89 bits per heavy atom. The number of hydrogen-bond donors (Lipinski definition) is 1. The molecule has 0 saturated carbocycles. The second-order valence-corrected chi connectivity index (χ2v) is 12.3. The van der Waals surface area contributed by atoms with E-state index >= 15 is 0 Å². The lowest BCUT2D eigenvalue weighted by Crippen LogP contribution is -2.50. The third kappa shape index (κ3) is 6.74. The van der Waals surface area contributed by atoms with E-state index in [1.165, 1.54) is 16.4 Å². The van der Waals surface area contributed by atoms with E-state index in [0.717, 1.165) is 32.6 Å². The van der Waals surface area contributed by atoms with Gasteiger partial charge in [-0.05, 0) is 63.1 Å². The van der Waals surface area contributed by atoms with Crippen LogP contribution in [-0.4, -0.2) is 81.4 Å². The number of aliphatic hydroxyl groups is 1. The number of halogens is 1. The molecule has 3 atom stereocenters. The summed E-state index contributed by atoms with van der Waals surface area (Å²) in [6, 6.07) is 10.4. The summed E-state index contributed by atoms with van der Waals surface area (Å²) in [7, 11) is -1.88. The highest BCUT2D eigenvalue weighted by atomic mass is 32.2. The van der Waals surface area contributed by atoms with Gasteiger partial charge >= 0.3 is 0 Å². The molecule has 0 radical (unpaired) electrons. The average Bonchev–Trinajstić information content (AvgIpc) is 2.90. The Hall–Kier alpha value is -2.48. The molecule has 0 amide bonds. The molecule has 38 heavy (non-hydrogen) atoms. The van der Waals surface area contributed by atoms with Gasteiger partial charge in [0, 0.05) is 50.4 Å². The Labute approximate surface area is 225 Å². The summed E-state index contributed by atoms with van der Waals surface area (Å²) in [4.78, 5) is 2.28. The summed E-state index contributed by atoms with van der Waals surface area (Å²) in [6.45, 7) is 6.71. The van der Waals surface area contributed by atoms with Gasteiger partial charge in [-0.25, -0.2) is 12.8 Å². The van der Waals surface area contributed by atoms with E-state index in [9.17, 15) is 17.9 Å². The molecule has 7 nitrogen and oxygen atoms in total.